The molecule has 0 saturated carbocycles. The van der Waals surface area contributed by atoms with Crippen LogP contribution in [0, 0.1) is 0 Å². The molecule has 1 aromatic rings. The number of alkyl halides is 1. The van der Waals surface area contributed by atoms with Crippen molar-refractivity contribution in [1.29, 1.82) is 0 Å². The average Bonchev–Trinajstić information content (AvgIpc) is 2.31. The first-order valence-electron chi connectivity index (χ1n) is 5.24. The number of allylic oxidation sites excluding steroid dienone is 4. The van der Waals surface area contributed by atoms with Gasteiger partial charge < -0.3 is 0 Å². The Morgan fingerprint density at radius 1 is 1.31 bits per heavy atom. The Labute approximate surface area is 95.3 Å². The van der Waals surface area contributed by atoms with Crippen LogP contribution in [0.5, 0.6) is 0 Å². The fraction of sp³-hybridized carbons (Fsp3) is 0.214. The number of rotatable bonds is 5. The first-order chi connectivity index (χ1) is 7.77. The van der Waals surface area contributed by atoms with Gasteiger partial charge in [-0.2, -0.15) is 0 Å². The zero-order valence-corrected chi connectivity index (χ0v) is 9.32. The molecule has 0 fully saturated rings. The predicted molar refractivity (Wildman–Crippen MR) is 64.0 cm³/mol. The van der Waals surface area contributed by atoms with Crippen LogP contribution >= 0.6 is 0 Å². The van der Waals surface area contributed by atoms with Gasteiger partial charge in [-0.25, -0.2) is 4.39 Å². The lowest BCUT2D eigenvalue weighted by molar-refractivity contribution is -0.114. The van der Waals surface area contributed by atoms with E-state index in [1.54, 1.807) is 13.0 Å². The molecule has 0 bridgehead atoms. The van der Waals surface area contributed by atoms with E-state index in [1.807, 2.05) is 30.3 Å². The minimum absolute atomic E-state index is 0.0124. The van der Waals surface area contributed by atoms with Crippen LogP contribution in [0.3, 0.4) is 0 Å². The highest BCUT2D eigenvalue weighted by Crippen LogP contribution is 2.07. The van der Waals surface area contributed by atoms with Gasteiger partial charge in [-0.1, -0.05) is 48.6 Å². The van der Waals surface area contributed by atoms with Crippen molar-refractivity contribution in [2.24, 2.45) is 0 Å². The highest BCUT2D eigenvalue weighted by molar-refractivity contribution is 5.99. The highest BCUT2D eigenvalue weighted by atomic mass is 19.1. The zero-order chi connectivity index (χ0) is 11.8. The molecule has 84 valence electrons. The lowest BCUT2D eigenvalue weighted by atomic mass is 10.0. The minimum Gasteiger partial charge on any atom is -0.294 e. The van der Waals surface area contributed by atoms with E-state index in [2.05, 4.69) is 0 Å². The van der Waals surface area contributed by atoms with E-state index in [1.165, 1.54) is 12.2 Å². The lowest BCUT2D eigenvalue weighted by Gasteiger charge is -2.01. The Kier molecular flexibility index (Phi) is 5.20. The van der Waals surface area contributed by atoms with Crippen molar-refractivity contribution < 1.29 is 9.18 Å². The fourth-order valence-electron chi connectivity index (χ4n) is 1.40. The van der Waals surface area contributed by atoms with Crippen molar-refractivity contribution in [1.82, 2.24) is 0 Å². The smallest absolute Gasteiger partial charge is 0.166 e. The van der Waals surface area contributed by atoms with Gasteiger partial charge in [0.2, 0.25) is 0 Å². The highest BCUT2D eigenvalue weighted by Gasteiger charge is 2.06. The molecule has 0 aromatic heterocycles. The van der Waals surface area contributed by atoms with Gasteiger partial charge in [0.25, 0.3) is 0 Å². The number of hydrogen-bond donors (Lipinski definition) is 0. The van der Waals surface area contributed by atoms with Crippen LogP contribution in [0.15, 0.2) is 54.1 Å². The molecule has 0 atom stereocenters. The van der Waals surface area contributed by atoms with E-state index in [-0.39, 0.29) is 5.78 Å². The summed E-state index contributed by atoms with van der Waals surface area (Å²) < 4.78 is 12.0. The summed E-state index contributed by atoms with van der Waals surface area (Å²) in [5.41, 5.74) is 1.53. The number of ketones is 1. The average molecular weight is 218 g/mol. The maximum absolute atomic E-state index is 12.0. The second-order valence-corrected chi connectivity index (χ2v) is 3.39. The molecule has 0 heterocycles. The SMILES string of the molecule is C/C=C(\C=C/CF)C(=O)Cc1ccccc1. The van der Waals surface area contributed by atoms with E-state index >= 15 is 0 Å². The van der Waals surface area contributed by atoms with Crippen molar-refractivity contribution in [3.8, 4) is 0 Å². The zero-order valence-electron chi connectivity index (χ0n) is 9.32. The molecule has 2 heteroatoms. The largest absolute Gasteiger partial charge is 0.294 e. The van der Waals surface area contributed by atoms with E-state index in [0.29, 0.717) is 12.0 Å². The molecule has 0 spiro atoms. The Hall–Kier alpha value is -1.70. The summed E-state index contributed by atoms with van der Waals surface area (Å²) in [5, 5.41) is 0. The van der Waals surface area contributed by atoms with Crippen LogP contribution in [0.1, 0.15) is 12.5 Å². The van der Waals surface area contributed by atoms with Gasteiger partial charge in [0.1, 0.15) is 6.67 Å². The molecular formula is C14H15FO. The normalized spacial score (nSPS) is 12.0. The van der Waals surface area contributed by atoms with E-state index in [9.17, 15) is 9.18 Å². The first-order valence-corrected chi connectivity index (χ1v) is 5.24. The molecule has 0 radical (unpaired) electrons. The summed E-state index contributed by atoms with van der Waals surface area (Å²) in [6.45, 7) is 1.23. The maximum atomic E-state index is 12.0. The quantitative estimate of drug-likeness (QED) is 0.547. The second kappa shape index (κ2) is 6.72. The standard InChI is InChI=1S/C14H15FO/c1-2-13(9-6-10-15)14(16)11-12-7-4-3-5-8-12/h2-9H,10-11H2,1H3/b9-6-,13-2+. The number of carbonyl (C=O) groups excluding carboxylic acids is 1. The molecule has 1 rings (SSSR count). The summed E-state index contributed by atoms with van der Waals surface area (Å²) in [6, 6.07) is 9.52. The van der Waals surface area contributed by atoms with Crippen LogP contribution < -0.4 is 0 Å². The van der Waals surface area contributed by atoms with E-state index < -0.39 is 6.67 Å². The summed E-state index contributed by atoms with van der Waals surface area (Å²) in [4.78, 5) is 11.8. The number of benzene rings is 1. The van der Waals surface area contributed by atoms with Crippen molar-refractivity contribution in [2.45, 2.75) is 13.3 Å². The molecule has 0 aliphatic carbocycles. The Morgan fingerprint density at radius 3 is 2.56 bits per heavy atom. The third-order valence-electron chi connectivity index (χ3n) is 2.23. The van der Waals surface area contributed by atoms with Crippen molar-refractivity contribution in [3.63, 3.8) is 0 Å². The molecule has 0 unspecified atom stereocenters. The monoisotopic (exact) mass is 218 g/mol. The number of carbonyl (C=O) groups is 1. The molecule has 0 amide bonds. The predicted octanol–water partition coefficient (Wildman–Crippen LogP) is 3.27. The third kappa shape index (κ3) is 3.81. The third-order valence-corrected chi connectivity index (χ3v) is 2.23. The van der Waals surface area contributed by atoms with E-state index in [4.69, 9.17) is 0 Å². The number of halogens is 1. The topological polar surface area (TPSA) is 17.1 Å². The molecule has 0 aliphatic rings. The molecule has 1 nitrogen and oxygen atoms in total. The van der Waals surface area contributed by atoms with Crippen molar-refractivity contribution in [2.75, 3.05) is 6.67 Å². The van der Waals surface area contributed by atoms with Crippen LogP contribution in [0.4, 0.5) is 4.39 Å². The second-order valence-electron chi connectivity index (χ2n) is 3.39. The van der Waals surface area contributed by atoms with Gasteiger partial charge in [-0.15, -0.1) is 0 Å². The molecule has 0 aliphatic heterocycles. The fourth-order valence-corrected chi connectivity index (χ4v) is 1.40. The Bertz CT molecular complexity index is 390. The number of hydrogen-bond acceptors (Lipinski definition) is 1. The van der Waals surface area contributed by atoms with Crippen LogP contribution in [0.25, 0.3) is 0 Å². The maximum Gasteiger partial charge on any atom is 0.166 e. The first kappa shape index (κ1) is 12.4. The Balaban J connectivity index is 2.68. The van der Waals surface area contributed by atoms with Gasteiger partial charge in [0.05, 0.1) is 0 Å². The van der Waals surface area contributed by atoms with Gasteiger partial charge in [-0.3, -0.25) is 4.79 Å². The summed E-state index contributed by atoms with van der Waals surface area (Å²) in [7, 11) is 0. The van der Waals surface area contributed by atoms with Crippen molar-refractivity contribution >= 4 is 5.78 Å². The van der Waals surface area contributed by atoms with Crippen LogP contribution in [0.2, 0.25) is 0 Å². The molecule has 0 saturated heterocycles. The van der Waals surface area contributed by atoms with Gasteiger partial charge in [0.15, 0.2) is 5.78 Å². The molecule has 1 aromatic carbocycles. The lowest BCUT2D eigenvalue weighted by Crippen LogP contribution is -2.04. The number of Topliss-reactive ketones (excluding diaryl/α,β-unsaturated/α-hetero) is 1. The molecular weight excluding hydrogens is 203 g/mol. The Morgan fingerprint density at radius 2 is 2.00 bits per heavy atom. The molecule has 0 N–H and O–H groups in total. The minimum atomic E-state index is -0.546. The van der Waals surface area contributed by atoms with Crippen molar-refractivity contribution in [3.05, 3.63) is 59.7 Å². The van der Waals surface area contributed by atoms with Crippen LogP contribution in [-0.2, 0) is 11.2 Å². The van der Waals surface area contributed by atoms with Gasteiger partial charge >= 0.3 is 0 Å². The van der Waals surface area contributed by atoms with Crippen LogP contribution in [-0.4, -0.2) is 12.5 Å². The summed E-state index contributed by atoms with van der Waals surface area (Å²) in [6.07, 6.45) is 4.94. The van der Waals surface area contributed by atoms with Gasteiger partial charge in [0, 0.05) is 12.0 Å². The van der Waals surface area contributed by atoms with E-state index in [0.717, 1.165) is 5.56 Å². The molecule has 16 heavy (non-hydrogen) atoms. The van der Waals surface area contributed by atoms with Gasteiger partial charge in [-0.05, 0) is 12.5 Å². The summed E-state index contributed by atoms with van der Waals surface area (Å²) in [5.74, 6) is 0.0124. The summed E-state index contributed by atoms with van der Waals surface area (Å²) >= 11 is 0.